The number of anilines is 1. The molecule has 2 heterocycles. The van der Waals surface area contributed by atoms with Gasteiger partial charge in [-0.1, -0.05) is 12.1 Å². The van der Waals surface area contributed by atoms with Crippen LogP contribution in [0.3, 0.4) is 0 Å². The van der Waals surface area contributed by atoms with Gasteiger partial charge in [-0.05, 0) is 35.9 Å². The van der Waals surface area contributed by atoms with Crippen LogP contribution in [0.1, 0.15) is 12.0 Å². The van der Waals surface area contributed by atoms with Crippen molar-refractivity contribution >= 4 is 23.6 Å². The van der Waals surface area contributed by atoms with Gasteiger partial charge in [0.2, 0.25) is 11.8 Å². The van der Waals surface area contributed by atoms with Gasteiger partial charge >= 0.3 is 0 Å². The number of carbonyl (C=O) groups excluding carboxylic acids is 2. The quantitative estimate of drug-likeness (QED) is 0.727. The van der Waals surface area contributed by atoms with Gasteiger partial charge in [-0.3, -0.25) is 14.6 Å². The molecule has 1 aliphatic heterocycles. The number of piperazine rings is 1. The van der Waals surface area contributed by atoms with Crippen molar-refractivity contribution in [3.8, 4) is 5.75 Å². The van der Waals surface area contributed by atoms with Gasteiger partial charge in [-0.15, -0.1) is 0 Å². The van der Waals surface area contributed by atoms with E-state index in [4.69, 9.17) is 4.74 Å². The third-order valence-corrected chi connectivity index (χ3v) is 4.84. The van der Waals surface area contributed by atoms with Crippen molar-refractivity contribution in [1.29, 1.82) is 0 Å². The predicted octanol–water partition coefficient (Wildman–Crippen LogP) is 1.96. The number of benzene rings is 1. The molecule has 1 aromatic carbocycles. The van der Waals surface area contributed by atoms with Gasteiger partial charge in [-0.2, -0.15) is 0 Å². The molecular formula is C22H26N4O3. The fourth-order valence-corrected chi connectivity index (χ4v) is 3.17. The number of ether oxygens (including phenoxy) is 1. The van der Waals surface area contributed by atoms with Gasteiger partial charge in [0.25, 0.3) is 0 Å². The van der Waals surface area contributed by atoms with Gasteiger partial charge < -0.3 is 19.9 Å². The Bertz CT molecular complexity index is 829. The highest BCUT2D eigenvalue weighted by Crippen LogP contribution is 2.15. The standard InChI is InChI=1S/C22H26N4O3/c1-29-20-5-2-18(3-6-20)4-7-21(27)24-13-10-22(28)26-16-14-25(15-17-26)19-8-11-23-12-9-19/h2-9,11-12H,10,13-17H2,1H3,(H,24,27)/b7-4+. The third kappa shape index (κ3) is 6.07. The van der Waals surface area contributed by atoms with E-state index in [2.05, 4.69) is 15.2 Å². The van der Waals surface area contributed by atoms with Gasteiger partial charge in [0, 0.05) is 63.3 Å². The van der Waals surface area contributed by atoms with E-state index in [1.54, 1.807) is 25.6 Å². The lowest BCUT2D eigenvalue weighted by atomic mass is 10.2. The number of aromatic nitrogens is 1. The molecule has 7 heteroatoms. The topological polar surface area (TPSA) is 74.8 Å². The molecule has 0 saturated carbocycles. The molecule has 0 bridgehead atoms. The number of pyridine rings is 1. The molecule has 1 aliphatic rings. The first-order valence-corrected chi connectivity index (χ1v) is 9.68. The molecule has 152 valence electrons. The Morgan fingerprint density at radius 3 is 2.41 bits per heavy atom. The van der Waals surface area contributed by atoms with Gasteiger partial charge in [0.15, 0.2) is 0 Å². The Kier molecular flexibility index (Phi) is 7.22. The van der Waals surface area contributed by atoms with E-state index in [1.807, 2.05) is 41.3 Å². The third-order valence-electron chi connectivity index (χ3n) is 4.84. The van der Waals surface area contributed by atoms with E-state index in [0.717, 1.165) is 30.1 Å². The fourth-order valence-electron chi connectivity index (χ4n) is 3.17. The summed E-state index contributed by atoms with van der Waals surface area (Å²) in [7, 11) is 1.61. The van der Waals surface area contributed by atoms with Crippen molar-refractivity contribution in [3.05, 3.63) is 60.4 Å². The second-order valence-electron chi connectivity index (χ2n) is 6.72. The Morgan fingerprint density at radius 2 is 1.76 bits per heavy atom. The van der Waals surface area contributed by atoms with E-state index in [9.17, 15) is 9.59 Å². The lowest BCUT2D eigenvalue weighted by molar-refractivity contribution is -0.131. The van der Waals surface area contributed by atoms with Crippen molar-refractivity contribution < 1.29 is 14.3 Å². The number of hydrogen-bond donors (Lipinski definition) is 1. The molecule has 0 aliphatic carbocycles. The molecule has 1 N–H and O–H groups in total. The van der Waals surface area contributed by atoms with E-state index in [0.29, 0.717) is 26.1 Å². The number of carbonyl (C=O) groups is 2. The molecule has 0 radical (unpaired) electrons. The Labute approximate surface area is 171 Å². The Balaban J connectivity index is 1.36. The van der Waals surface area contributed by atoms with Crippen LogP contribution in [0.4, 0.5) is 5.69 Å². The summed E-state index contributed by atoms with van der Waals surface area (Å²) in [5.41, 5.74) is 2.03. The summed E-state index contributed by atoms with van der Waals surface area (Å²) in [6.45, 7) is 3.30. The molecule has 1 aromatic heterocycles. The van der Waals surface area contributed by atoms with Crippen molar-refractivity contribution in [2.45, 2.75) is 6.42 Å². The maximum absolute atomic E-state index is 12.4. The zero-order valence-electron chi connectivity index (χ0n) is 16.6. The number of nitrogens with zero attached hydrogens (tertiary/aromatic N) is 3. The Morgan fingerprint density at radius 1 is 1.07 bits per heavy atom. The highest BCUT2D eigenvalue weighted by atomic mass is 16.5. The summed E-state index contributed by atoms with van der Waals surface area (Å²) in [5, 5.41) is 2.76. The lowest BCUT2D eigenvalue weighted by Gasteiger charge is -2.36. The minimum Gasteiger partial charge on any atom is -0.497 e. The summed E-state index contributed by atoms with van der Waals surface area (Å²) in [4.78, 5) is 32.5. The average molecular weight is 394 g/mol. The van der Waals surface area contributed by atoms with Crippen LogP contribution >= 0.6 is 0 Å². The molecule has 1 fully saturated rings. The minimum atomic E-state index is -0.212. The predicted molar refractivity (Wildman–Crippen MR) is 113 cm³/mol. The fraction of sp³-hybridized carbons (Fsp3) is 0.318. The van der Waals surface area contributed by atoms with Gasteiger partial charge in [0.05, 0.1) is 7.11 Å². The zero-order chi connectivity index (χ0) is 20.5. The van der Waals surface area contributed by atoms with Crippen LogP contribution in [0.2, 0.25) is 0 Å². The maximum Gasteiger partial charge on any atom is 0.244 e. The molecule has 2 amide bonds. The normalized spacial score (nSPS) is 14.1. The summed E-state index contributed by atoms with van der Waals surface area (Å²) >= 11 is 0. The van der Waals surface area contributed by atoms with Crippen molar-refractivity contribution in [2.24, 2.45) is 0 Å². The molecule has 1 saturated heterocycles. The van der Waals surface area contributed by atoms with Crippen LogP contribution in [0.15, 0.2) is 54.9 Å². The summed E-state index contributed by atoms with van der Waals surface area (Å²) in [6.07, 6.45) is 7.06. The van der Waals surface area contributed by atoms with Crippen molar-refractivity contribution in [1.82, 2.24) is 15.2 Å². The number of hydrogen-bond acceptors (Lipinski definition) is 5. The smallest absolute Gasteiger partial charge is 0.244 e. The maximum atomic E-state index is 12.4. The molecule has 0 unspecified atom stereocenters. The molecular weight excluding hydrogens is 368 g/mol. The zero-order valence-corrected chi connectivity index (χ0v) is 16.6. The number of rotatable bonds is 7. The molecule has 7 nitrogen and oxygen atoms in total. The van der Waals surface area contributed by atoms with Crippen LogP contribution in [0, 0.1) is 0 Å². The molecule has 29 heavy (non-hydrogen) atoms. The molecule has 0 spiro atoms. The molecule has 2 aromatic rings. The van der Waals surface area contributed by atoms with Gasteiger partial charge in [-0.25, -0.2) is 0 Å². The first-order chi connectivity index (χ1) is 14.2. The lowest BCUT2D eigenvalue weighted by Crippen LogP contribution is -2.49. The monoisotopic (exact) mass is 394 g/mol. The van der Waals surface area contributed by atoms with E-state index < -0.39 is 0 Å². The van der Waals surface area contributed by atoms with Crippen molar-refractivity contribution in [3.63, 3.8) is 0 Å². The summed E-state index contributed by atoms with van der Waals surface area (Å²) in [5.74, 6) is 0.627. The van der Waals surface area contributed by atoms with Crippen LogP contribution in [-0.2, 0) is 9.59 Å². The summed E-state index contributed by atoms with van der Waals surface area (Å²) < 4.78 is 5.10. The second kappa shape index (κ2) is 10.3. The number of nitrogens with one attached hydrogen (secondary N) is 1. The highest BCUT2D eigenvalue weighted by molar-refractivity contribution is 5.92. The first-order valence-electron chi connectivity index (χ1n) is 9.68. The van der Waals surface area contributed by atoms with E-state index in [-0.39, 0.29) is 11.8 Å². The average Bonchev–Trinajstić information content (AvgIpc) is 2.78. The number of methoxy groups -OCH3 is 1. The van der Waals surface area contributed by atoms with Gasteiger partial charge in [0.1, 0.15) is 5.75 Å². The van der Waals surface area contributed by atoms with Crippen LogP contribution in [0.25, 0.3) is 6.08 Å². The van der Waals surface area contributed by atoms with E-state index >= 15 is 0 Å². The Hall–Kier alpha value is -3.35. The first kappa shape index (κ1) is 20.4. The number of amides is 2. The van der Waals surface area contributed by atoms with Crippen molar-refractivity contribution in [2.75, 3.05) is 44.7 Å². The second-order valence-corrected chi connectivity index (χ2v) is 6.72. The largest absolute Gasteiger partial charge is 0.497 e. The van der Waals surface area contributed by atoms with Crippen LogP contribution < -0.4 is 15.0 Å². The minimum absolute atomic E-state index is 0.0683. The van der Waals surface area contributed by atoms with Crippen LogP contribution in [0.5, 0.6) is 5.75 Å². The summed E-state index contributed by atoms with van der Waals surface area (Å²) in [6, 6.07) is 11.4. The van der Waals surface area contributed by atoms with Crippen LogP contribution in [-0.4, -0.2) is 61.5 Å². The molecule has 0 atom stereocenters. The highest BCUT2D eigenvalue weighted by Gasteiger charge is 2.20. The SMILES string of the molecule is COc1ccc(/C=C/C(=O)NCCC(=O)N2CCN(c3ccncc3)CC2)cc1. The molecule has 3 rings (SSSR count). The van der Waals surface area contributed by atoms with E-state index in [1.165, 1.54) is 6.08 Å².